The highest BCUT2D eigenvalue weighted by Crippen LogP contribution is 2.26. The van der Waals surface area contributed by atoms with Gasteiger partial charge < -0.3 is 4.90 Å². The van der Waals surface area contributed by atoms with Crippen molar-refractivity contribution in [1.82, 2.24) is 14.9 Å². The van der Waals surface area contributed by atoms with E-state index in [4.69, 9.17) is 0 Å². The molecule has 1 aromatic heterocycles. The van der Waals surface area contributed by atoms with Crippen molar-refractivity contribution in [3.05, 3.63) is 42.7 Å². The molecule has 1 fully saturated rings. The summed E-state index contributed by atoms with van der Waals surface area (Å²) in [5.41, 5.74) is 1.95. The minimum atomic E-state index is -0.114. The summed E-state index contributed by atoms with van der Waals surface area (Å²) in [5.74, 6) is 0.211. The van der Waals surface area contributed by atoms with Gasteiger partial charge in [0.2, 0.25) is 5.91 Å². The first-order valence-corrected chi connectivity index (χ1v) is 8.45. The van der Waals surface area contributed by atoms with Crippen LogP contribution >= 0.6 is 11.8 Å². The molecule has 2 heterocycles. The summed E-state index contributed by atoms with van der Waals surface area (Å²) in [6.07, 6.45) is 3.81. The van der Waals surface area contributed by atoms with Crippen LogP contribution in [0.5, 0.6) is 0 Å². The molecule has 0 N–H and O–H groups in total. The first-order chi connectivity index (χ1) is 10.7. The van der Waals surface area contributed by atoms with Crippen LogP contribution in [0, 0.1) is 0 Å². The molecule has 1 saturated heterocycles. The van der Waals surface area contributed by atoms with Gasteiger partial charge in [0.1, 0.15) is 11.4 Å². The summed E-state index contributed by atoms with van der Waals surface area (Å²) in [6.45, 7) is 3.74. The summed E-state index contributed by atoms with van der Waals surface area (Å²) in [4.78, 5) is 22.9. The summed E-state index contributed by atoms with van der Waals surface area (Å²) in [7, 11) is 0. The monoisotopic (exact) mass is 313 g/mol. The molecule has 2 aromatic rings. The largest absolute Gasteiger partial charge is 0.342 e. The summed E-state index contributed by atoms with van der Waals surface area (Å²) in [6, 6.07) is 12.0. The van der Waals surface area contributed by atoms with E-state index in [-0.39, 0.29) is 11.2 Å². The predicted molar refractivity (Wildman–Crippen MR) is 88.6 cm³/mol. The Balaban J connectivity index is 1.71. The van der Waals surface area contributed by atoms with Crippen LogP contribution in [0.25, 0.3) is 11.3 Å². The third kappa shape index (κ3) is 3.47. The highest BCUT2D eigenvalue weighted by molar-refractivity contribution is 8.00. The van der Waals surface area contributed by atoms with Crippen LogP contribution in [-0.4, -0.2) is 39.1 Å². The number of hydrogen-bond acceptors (Lipinski definition) is 4. The topological polar surface area (TPSA) is 46.1 Å². The number of carbonyl (C=O) groups excluding carboxylic acids is 1. The Bertz CT molecular complexity index is 641. The minimum Gasteiger partial charge on any atom is -0.342 e. The molecular formula is C17H19N3OS. The average molecular weight is 313 g/mol. The third-order valence-corrected chi connectivity index (χ3v) is 4.79. The molecule has 0 aliphatic carbocycles. The molecule has 1 aromatic carbocycles. The zero-order valence-corrected chi connectivity index (χ0v) is 13.4. The molecule has 4 nitrogen and oxygen atoms in total. The molecule has 1 aliphatic rings. The summed E-state index contributed by atoms with van der Waals surface area (Å²) < 4.78 is 0. The van der Waals surface area contributed by atoms with Crippen molar-refractivity contribution in [3.63, 3.8) is 0 Å². The fourth-order valence-electron chi connectivity index (χ4n) is 2.60. The van der Waals surface area contributed by atoms with E-state index in [1.54, 1.807) is 6.33 Å². The van der Waals surface area contributed by atoms with Gasteiger partial charge in [-0.2, -0.15) is 0 Å². The number of aromatic nitrogens is 2. The van der Waals surface area contributed by atoms with Gasteiger partial charge in [-0.3, -0.25) is 4.79 Å². The molecule has 0 unspecified atom stereocenters. The van der Waals surface area contributed by atoms with E-state index in [0.29, 0.717) is 0 Å². The molecule has 3 rings (SSSR count). The molecule has 114 valence electrons. The van der Waals surface area contributed by atoms with Crippen LogP contribution in [0.15, 0.2) is 47.8 Å². The van der Waals surface area contributed by atoms with E-state index in [9.17, 15) is 4.79 Å². The maximum absolute atomic E-state index is 12.4. The molecule has 1 atom stereocenters. The summed E-state index contributed by atoms with van der Waals surface area (Å²) in [5, 5.41) is 0.727. The van der Waals surface area contributed by atoms with E-state index in [1.807, 2.05) is 48.2 Å². The summed E-state index contributed by atoms with van der Waals surface area (Å²) >= 11 is 1.51. The number of amides is 1. The van der Waals surface area contributed by atoms with Crippen molar-refractivity contribution >= 4 is 17.7 Å². The van der Waals surface area contributed by atoms with Crippen molar-refractivity contribution in [2.75, 3.05) is 13.1 Å². The Kier molecular flexibility index (Phi) is 4.73. The quantitative estimate of drug-likeness (QED) is 0.642. The standard InChI is InChI=1S/C17H19N3OS/c1-13(17(21)20-9-5-6-10-20)22-16-11-15(18-12-19-16)14-7-3-2-4-8-14/h2-4,7-8,11-13H,5-6,9-10H2,1H3/t13-/m0/s1. The number of carbonyl (C=O) groups is 1. The second-order valence-corrected chi connectivity index (χ2v) is 6.76. The van der Waals surface area contributed by atoms with Crippen LogP contribution in [0.1, 0.15) is 19.8 Å². The predicted octanol–water partition coefficient (Wildman–Crippen LogP) is 3.25. The van der Waals surface area contributed by atoms with Gasteiger partial charge in [0, 0.05) is 18.7 Å². The normalized spacial score (nSPS) is 15.8. The van der Waals surface area contributed by atoms with E-state index in [0.717, 1.165) is 42.2 Å². The van der Waals surface area contributed by atoms with Crippen LogP contribution in [-0.2, 0) is 4.79 Å². The highest BCUT2D eigenvalue weighted by atomic mass is 32.2. The molecule has 0 bridgehead atoms. The lowest BCUT2D eigenvalue weighted by Crippen LogP contribution is -2.34. The number of thioether (sulfide) groups is 1. The van der Waals surface area contributed by atoms with Crippen LogP contribution in [0.4, 0.5) is 0 Å². The second kappa shape index (κ2) is 6.92. The van der Waals surface area contributed by atoms with Gasteiger partial charge in [-0.05, 0) is 25.8 Å². The number of likely N-dealkylation sites (tertiary alicyclic amines) is 1. The van der Waals surface area contributed by atoms with Crippen molar-refractivity contribution in [1.29, 1.82) is 0 Å². The smallest absolute Gasteiger partial charge is 0.235 e. The highest BCUT2D eigenvalue weighted by Gasteiger charge is 2.24. The molecule has 22 heavy (non-hydrogen) atoms. The second-order valence-electron chi connectivity index (χ2n) is 5.40. The van der Waals surface area contributed by atoms with Crippen LogP contribution in [0.3, 0.4) is 0 Å². The number of benzene rings is 1. The Labute approximate surface area is 135 Å². The average Bonchev–Trinajstić information content (AvgIpc) is 3.09. The van der Waals surface area contributed by atoms with Crippen molar-refractivity contribution in [2.24, 2.45) is 0 Å². The number of rotatable bonds is 4. The Morgan fingerprint density at radius 3 is 2.64 bits per heavy atom. The van der Waals surface area contributed by atoms with Crippen LogP contribution in [0.2, 0.25) is 0 Å². The van der Waals surface area contributed by atoms with Crippen molar-refractivity contribution in [3.8, 4) is 11.3 Å². The van der Waals surface area contributed by atoms with Crippen LogP contribution < -0.4 is 0 Å². The number of hydrogen-bond donors (Lipinski definition) is 0. The number of nitrogens with zero attached hydrogens (tertiary/aromatic N) is 3. The van der Waals surface area contributed by atoms with E-state index in [1.165, 1.54) is 11.8 Å². The lowest BCUT2D eigenvalue weighted by atomic mass is 10.1. The first-order valence-electron chi connectivity index (χ1n) is 7.57. The molecule has 5 heteroatoms. The van der Waals surface area contributed by atoms with Gasteiger partial charge in [0.05, 0.1) is 10.9 Å². The molecular weight excluding hydrogens is 294 g/mol. The van der Waals surface area contributed by atoms with Gasteiger partial charge in [-0.25, -0.2) is 9.97 Å². The fourth-order valence-corrected chi connectivity index (χ4v) is 3.50. The van der Waals surface area contributed by atoms with E-state index < -0.39 is 0 Å². The maximum Gasteiger partial charge on any atom is 0.235 e. The minimum absolute atomic E-state index is 0.114. The lowest BCUT2D eigenvalue weighted by molar-refractivity contribution is -0.129. The van der Waals surface area contributed by atoms with Gasteiger partial charge in [-0.1, -0.05) is 42.1 Å². The first kappa shape index (κ1) is 15.0. The Hall–Kier alpha value is -1.88. The van der Waals surface area contributed by atoms with Gasteiger partial charge in [0.25, 0.3) is 0 Å². The Morgan fingerprint density at radius 2 is 1.91 bits per heavy atom. The zero-order valence-electron chi connectivity index (χ0n) is 12.6. The van der Waals surface area contributed by atoms with Crippen molar-refractivity contribution < 1.29 is 4.79 Å². The molecule has 0 spiro atoms. The van der Waals surface area contributed by atoms with E-state index >= 15 is 0 Å². The zero-order chi connectivity index (χ0) is 15.4. The fraction of sp³-hybridized carbons (Fsp3) is 0.353. The van der Waals surface area contributed by atoms with Gasteiger partial charge in [-0.15, -0.1) is 0 Å². The molecule has 0 radical (unpaired) electrons. The van der Waals surface area contributed by atoms with Gasteiger partial charge >= 0.3 is 0 Å². The maximum atomic E-state index is 12.4. The molecule has 1 amide bonds. The third-order valence-electron chi connectivity index (χ3n) is 3.77. The Morgan fingerprint density at radius 1 is 1.18 bits per heavy atom. The molecule has 1 aliphatic heterocycles. The lowest BCUT2D eigenvalue weighted by Gasteiger charge is -2.19. The molecule has 0 saturated carbocycles. The van der Waals surface area contributed by atoms with E-state index in [2.05, 4.69) is 9.97 Å². The van der Waals surface area contributed by atoms with Crippen molar-refractivity contribution in [2.45, 2.75) is 30.0 Å². The van der Waals surface area contributed by atoms with Gasteiger partial charge in [0.15, 0.2) is 0 Å². The SMILES string of the molecule is C[C@H](Sc1cc(-c2ccccc2)ncn1)C(=O)N1CCCC1.